The third kappa shape index (κ3) is 3.58. The smallest absolute Gasteiger partial charge is 0.228 e. The second-order valence-electron chi connectivity index (χ2n) is 7.02. The van der Waals surface area contributed by atoms with Crippen LogP contribution in [0.5, 0.6) is 0 Å². The topological polar surface area (TPSA) is 71.8 Å². The van der Waals surface area contributed by atoms with Crippen molar-refractivity contribution in [3.05, 3.63) is 30.1 Å². The van der Waals surface area contributed by atoms with Crippen LogP contribution in [0.15, 0.2) is 24.3 Å². The highest BCUT2D eigenvalue weighted by Crippen LogP contribution is 2.25. The summed E-state index contributed by atoms with van der Waals surface area (Å²) in [6.45, 7) is 2.75. The fourth-order valence-electron chi connectivity index (χ4n) is 3.75. The van der Waals surface area contributed by atoms with Crippen LogP contribution in [0.4, 0.5) is 5.69 Å². The maximum absolute atomic E-state index is 12.5. The van der Waals surface area contributed by atoms with Gasteiger partial charge in [0.05, 0.1) is 5.92 Å². The largest absolute Gasteiger partial charge is 0.326 e. The molecule has 0 spiro atoms. The molecule has 2 aromatic rings. The molecule has 25 heavy (non-hydrogen) atoms. The predicted molar refractivity (Wildman–Crippen MR) is 97.2 cm³/mol. The van der Waals surface area contributed by atoms with Gasteiger partial charge in [-0.3, -0.25) is 4.79 Å². The number of hydrogen-bond donors (Lipinski definition) is 2. The number of carbonyl (C=O) groups excluding carboxylic acids is 1. The van der Waals surface area contributed by atoms with Gasteiger partial charge in [0.15, 0.2) is 5.82 Å². The quantitative estimate of drug-likeness (QED) is 0.902. The summed E-state index contributed by atoms with van der Waals surface area (Å²) >= 11 is 0. The number of fused-ring (bicyclic) bond motifs is 1. The third-order valence-electron chi connectivity index (χ3n) is 5.17. The molecule has 0 aliphatic carbocycles. The first kappa shape index (κ1) is 16.3. The summed E-state index contributed by atoms with van der Waals surface area (Å²) in [6, 6.07) is 7.97. The lowest BCUT2D eigenvalue weighted by Crippen LogP contribution is -2.37. The van der Waals surface area contributed by atoms with Gasteiger partial charge in [0, 0.05) is 30.8 Å². The average molecular weight is 339 g/mol. The van der Waals surface area contributed by atoms with Crippen LogP contribution in [0, 0.1) is 5.92 Å². The van der Waals surface area contributed by atoms with Crippen LogP contribution in [0.3, 0.4) is 0 Å². The number of carbonyl (C=O) groups is 1. The number of aryl methyl sites for hydroxylation is 1. The lowest BCUT2D eigenvalue weighted by atomic mass is 9.98. The van der Waals surface area contributed by atoms with Crippen molar-refractivity contribution in [3.8, 4) is 11.4 Å². The highest BCUT2D eigenvalue weighted by atomic mass is 16.1. The molecule has 1 aromatic carbocycles. The number of amides is 1. The minimum absolute atomic E-state index is 0.0572. The number of hydrogen-bond acceptors (Lipinski definition) is 4. The van der Waals surface area contributed by atoms with E-state index in [0.717, 1.165) is 61.8 Å². The van der Waals surface area contributed by atoms with Gasteiger partial charge >= 0.3 is 0 Å². The van der Waals surface area contributed by atoms with E-state index in [-0.39, 0.29) is 11.8 Å². The van der Waals surface area contributed by atoms with Gasteiger partial charge in [-0.2, -0.15) is 0 Å². The van der Waals surface area contributed by atoms with Gasteiger partial charge in [-0.25, -0.2) is 0 Å². The summed E-state index contributed by atoms with van der Waals surface area (Å²) < 4.78 is 2.24. The molecule has 1 unspecified atom stereocenters. The van der Waals surface area contributed by atoms with Crippen molar-refractivity contribution in [2.45, 2.75) is 45.1 Å². The molecular formula is C19H25N5O. The Labute approximate surface area is 148 Å². The normalized spacial score (nSPS) is 20.6. The van der Waals surface area contributed by atoms with Crippen molar-refractivity contribution >= 4 is 11.6 Å². The lowest BCUT2D eigenvalue weighted by Gasteiger charge is -2.22. The number of nitrogens with one attached hydrogen (secondary N) is 2. The van der Waals surface area contributed by atoms with Crippen LogP contribution in [-0.2, 0) is 17.8 Å². The highest BCUT2D eigenvalue weighted by Gasteiger charge is 2.21. The third-order valence-corrected chi connectivity index (χ3v) is 5.17. The van der Waals surface area contributed by atoms with Crippen LogP contribution < -0.4 is 10.6 Å². The predicted octanol–water partition coefficient (Wildman–Crippen LogP) is 2.61. The van der Waals surface area contributed by atoms with Crippen molar-refractivity contribution in [3.63, 3.8) is 0 Å². The second-order valence-corrected chi connectivity index (χ2v) is 7.02. The maximum Gasteiger partial charge on any atom is 0.228 e. The van der Waals surface area contributed by atoms with Crippen LogP contribution >= 0.6 is 0 Å². The zero-order chi connectivity index (χ0) is 17.1. The highest BCUT2D eigenvalue weighted by molar-refractivity contribution is 5.93. The second kappa shape index (κ2) is 7.35. The molecular weight excluding hydrogens is 314 g/mol. The standard InChI is InChI=1S/C19H25N5O/c25-19(15-7-5-10-20-13-15)21-16-8-4-6-14(12-16)18-23-22-17-9-2-1-3-11-24(17)18/h4,6,8,12,15,20H,1-3,5,7,9-11,13H2,(H,21,25). The van der Waals surface area contributed by atoms with Crippen molar-refractivity contribution in [1.29, 1.82) is 0 Å². The molecule has 2 aliphatic heterocycles. The first-order valence-corrected chi connectivity index (χ1v) is 9.35. The van der Waals surface area contributed by atoms with Gasteiger partial charge in [0.25, 0.3) is 0 Å². The van der Waals surface area contributed by atoms with Gasteiger partial charge in [-0.1, -0.05) is 18.6 Å². The molecule has 0 saturated carbocycles. The molecule has 1 aromatic heterocycles. The van der Waals surface area contributed by atoms with Gasteiger partial charge in [-0.15, -0.1) is 10.2 Å². The summed E-state index contributed by atoms with van der Waals surface area (Å²) in [5.41, 5.74) is 1.85. The van der Waals surface area contributed by atoms with E-state index in [9.17, 15) is 4.79 Å². The van der Waals surface area contributed by atoms with E-state index in [1.54, 1.807) is 0 Å². The van der Waals surface area contributed by atoms with E-state index in [1.165, 1.54) is 19.3 Å². The molecule has 1 amide bonds. The molecule has 3 heterocycles. The number of anilines is 1. The van der Waals surface area contributed by atoms with E-state index in [1.807, 2.05) is 24.3 Å². The lowest BCUT2D eigenvalue weighted by molar-refractivity contribution is -0.120. The molecule has 4 rings (SSSR count). The van der Waals surface area contributed by atoms with Gasteiger partial charge in [0.2, 0.25) is 5.91 Å². The fourth-order valence-corrected chi connectivity index (χ4v) is 3.75. The number of nitrogens with zero attached hydrogens (tertiary/aromatic N) is 3. The number of rotatable bonds is 3. The van der Waals surface area contributed by atoms with Crippen LogP contribution in [-0.4, -0.2) is 33.8 Å². The number of piperidine rings is 1. The molecule has 1 saturated heterocycles. The van der Waals surface area contributed by atoms with Gasteiger partial charge in [0.1, 0.15) is 5.82 Å². The van der Waals surface area contributed by atoms with Gasteiger partial charge < -0.3 is 15.2 Å². The summed E-state index contributed by atoms with van der Waals surface area (Å²) in [7, 11) is 0. The maximum atomic E-state index is 12.5. The first-order chi connectivity index (χ1) is 12.3. The Morgan fingerprint density at radius 2 is 2.16 bits per heavy atom. The molecule has 132 valence electrons. The molecule has 0 bridgehead atoms. The van der Waals surface area contributed by atoms with Crippen LogP contribution in [0.1, 0.15) is 37.9 Å². The summed E-state index contributed by atoms with van der Waals surface area (Å²) in [5.74, 6) is 2.15. The Morgan fingerprint density at radius 1 is 1.20 bits per heavy atom. The minimum Gasteiger partial charge on any atom is -0.326 e. The molecule has 6 nitrogen and oxygen atoms in total. The Balaban J connectivity index is 1.53. The Kier molecular flexibility index (Phi) is 4.78. The summed E-state index contributed by atoms with van der Waals surface area (Å²) in [5, 5.41) is 15.1. The fraction of sp³-hybridized carbons (Fsp3) is 0.526. The first-order valence-electron chi connectivity index (χ1n) is 9.35. The van der Waals surface area contributed by atoms with Crippen LogP contribution in [0.25, 0.3) is 11.4 Å². The zero-order valence-electron chi connectivity index (χ0n) is 14.5. The Bertz CT molecular complexity index is 748. The minimum atomic E-state index is 0.0572. The van der Waals surface area contributed by atoms with Crippen molar-refractivity contribution in [2.24, 2.45) is 5.92 Å². The Morgan fingerprint density at radius 3 is 3.04 bits per heavy atom. The van der Waals surface area contributed by atoms with Crippen LogP contribution in [0.2, 0.25) is 0 Å². The van der Waals surface area contributed by atoms with Crippen molar-refractivity contribution < 1.29 is 4.79 Å². The zero-order valence-corrected chi connectivity index (χ0v) is 14.5. The molecule has 2 aliphatic rings. The molecule has 2 N–H and O–H groups in total. The number of aromatic nitrogens is 3. The van der Waals surface area contributed by atoms with E-state index in [0.29, 0.717) is 0 Å². The van der Waals surface area contributed by atoms with Crippen molar-refractivity contribution in [1.82, 2.24) is 20.1 Å². The van der Waals surface area contributed by atoms with E-state index >= 15 is 0 Å². The summed E-state index contributed by atoms with van der Waals surface area (Å²) in [6.07, 6.45) is 6.61. The Hall–Kier alpha value is -2.21. The van der Waals surface area contributed by atoms with E-state index in [4.69, 9.17) is 0 Å². The van der Waals surface area contributed by atoms with Gasteiger partial charge in [-0.05, 0) is 44.4 Å². The van der Waals surface area contributed by atoms with E-state index in [2.05, 4.69) is 25.4 Å². The average Bonchev–Trinajstić information content (AvgIpc) is 2.91. The van der Waals surface area contributed by atoms with Crippen molar-refractivity contribution in [2.75, 3.05) is 18.4 Å². The number of benzene rings is 1. The monoisotopic (exact) mass is 339 g/mol. The molecule has 0 radical (unpaired) electrons. The SMILES string of the molecule is O=C(Nc1cccc(-c2nnc3n2CCCCC3)c1)C1CCCNC1. The molecule has 6 heteroatoms. The molecule has 1 atom stereocenters. The van der Waals surface area contributed by atoms with E-state index < -0.39 is 0 Å². The summed E-state index contributed by atoms with van der Waals surface area (Å²) in [4.78, 5) is 12.5. The molecule has 1 fully saturated rings.